The minimum absolute atomic E-state index is 0. The van der Waals surface area contributed by atoms with E-state index in [2.05, 4.69) is 0 Å². The van der Waals surface area contributed by atoms with Crippen molar-refractivity contribution in [3.63, 3.8) is 0 Å². The van der Waals surface area contributed by atoms with E-state index in [1.807, 2.05) is 0 Å². The van der Waals surface area contributed by atoms with Crippen LogP contribution in [-0.2, 0) is 50.6 Å². The maximum absolute atomic E-state index is 13.7. The fourth-order valence-electron chi connectivity index (χ4n) is 2.41. The van der Waals surface area contributed by atoms with E-state index >= 15 is 0 Å². The summed E-state index contributed by atoms with van der Waals surface area (Å²) in [5, 5.41) is 0. The van der Waals surface area contributed by atoms with E-state index in [9.17, 15) is 23.2 Å². The van der Waals surface area contributed by atoms with Gasteiger partial charge in [0.05, 0.1) is 13.1 Å². The van der Waals surface area contributed by atoms with Gasteiger partial charge in [-0.3, -0.25) is 4.68 Å². The fraction of sp³-hybridized carbons (Fsp3) is 0.214. The summed E-state index contributed by atoms with van der Waals surface area (Å²) in [7, 11) is 0. The Kier molecular flexibility index (Phi) is 5.26. The maximum Gasteiger partial charge on any atom is 3.00 e. The molecule has 1 atom stereocenters. The van der Waals surface area contributed by atoms with Crippen LogP contribution in [0.25, 0.3) is 0 Å². The summed E-state index contributed by atoms with van der Waals surface area (Å²) >= 11 is 0. The molecule has 1 aromatic heterocycles. The number of aromatic nitrogens is 3. The van der Waals surface area contributed by atoms with Crippen LogP contribution in [-0.4, -0.2) is 20.2 Å². The number of carbonyl (C=O) groups excluding carboxylic acids is 1. The summed E-state index contributed by atoms with van der Waals surface area (Å²) in [6.45, 7) is -0.301. The van der Waals surface area contributed by atoms with Crippen molar-refractivity contribution in [3.05, 3.63) is 68.5 Å². The molecule has 0 saturated heterocycles. The zero-order valence-electron chi connectivity index (χ0n) is 11.8. The van der Waals surface area contributed by atoms with Gasteiger partial charge in [0, 0.05) is 5.56 Å². The van der Waals surface area contributed by atoms with E-state index in [1.54, 1.807) is 12.4 Å². The Morgan fingerprint density at radius 3 is 2.65 bits per heavy atom. The molecule has 1 aliphatic rings. The van der Waals surface area contributed by atoms with Crippen molar-refractivity contribution >= 4 is 6.29 Å². The summed E-state index contributed by atoms with van der Waals surface area (Å²) in [4.78, 5) is 35.4. The molecule has 2 aromatic rings. The Bertz CT molecular complexity index is 898. The third-order valence-corrected chi connectivity index (χ3v) is 3.46. The minimum atomic E-state index is -1.01. The largest absolute Gasteiger partial charge is 3.00 e. The Morgan fingerprint density at radius 2 is 1.96 bits per heavy atom. The van der Waals surface area contributed by atoms with E-state index < -0.39 is 35.6 Å². The molecule has 9 heteroatoms. The first-order valence-corrected chi connectivity index (χ1v) is 6.43. The molecule has 2 heterocycles. The number of hydrogen-bond donors (Lipinski definition) is 0. The van der Waals surface area contributed by atoms with Crippen LogP contribution in [0.2, 0.25) is 0 Å². The number of fused-ring (bicyclic) bond motifs is 1. The zero-order chi connectivity index (χ0) is 15.9. The molecule has 0 spiro atoms. The van der Waals surface area contributed by atoms with Crippen molar-refractivity contribution in [3.8, 4) is 0 Å². The molecule has 0 saturated carbocycles. The number of benzene rings is 1. The van der Waals surface area contributed by atoms with Gasteiger partial charge in [-0.25, -0.2) is 33.9 Å². The van der Waals surface area contributed by atoms with Crippen LogP contribution >= 0.6 is 0 Å². The summed E-state index contributed by atoms with van der Waals surface area (Å²) in [6.07, 6.45) is 4.65. The molecule has 1 aromatic carbocycles. The first-order chi connectivity index (χ1) is 10.5. The van der Waals surface area contributed by atoms with Crippen LogP contribution in [0.15, 0.2) is 39.9 Å². The number of hydrogen-bond acceptors (Lipinski definition) is 3. The average molecular weight is 395 g/mol. The molecule has 3 rings (SSSR count). The molecule has 6 nitrogen and oxygen atoms in total. The third-order valence-electron chi connectivity index (χ3n) is 3.46. The van der Waals surface area contributed by atoms with E-state index in [0.717, 1.165) is 32.1 Å². The first kappa shape index (κ1) is 17.7. The second-order valence-electron chi connectivity index (χ2n) is 4.80. The Hall–Kier alpha value is -1.67. The number of allylic oxidation sites excluding steroid dienone is 2. The average Bonchev–Trinajstić information content (AvgIpc) is 2.76. The van der Waals surface area contributed by atoms with E-state index in [-0.39, 0.29) is 44.8 Å². The summed E-state index contributed by atoms with van der Waals surface area (Å²) in [5.41, 5.74) is -1.59. The molecule has 0 N–H and O–H groups in total. The molecule has 0 amide bonds. The molecule has 1 aliphatic heterocycles. The number of halogens is 2. The molecular weight excluding hydrogens is 385 g/mol. The predicted molar refractivity (Wildman–Crippen MR) is 72.3 cm³/mol. The predicted octanol–water partition coefficient (Wildman–Crippen LogP) is 0.356. The van der Waals surface area contributed by atoms with Gasteiger partial charge in [0.1, 0.15) is 11.6 Å². The van der Waals surface area contributed by atoms with Crippen molar-refractivity contribution in [2.75, 3.05) is 0 Å². The van der Waals surface area contributed by atoms with Crippen molar-refractivity contribution in [2.45, 2.75) is 19.1 Å². The van der Waals surface area contributed by atoms with Crippen molar-refractivity contribution in [1.82, 2.24) is 13.9 Å². The van der Waals surface area contributed by atoms with Gasteiger partial charge in [0.15, 0.2) is 0 Å². The van der Waals surface area contributed by atoms with Crippen molar-refractivity contribution in [2.24, 2.45) is 0 Å². The third kappa shape index (κ3) is 3.05. The number of rotatable bonds is 3. The Labute approximate surface area is 153 Å². The van der Waals surface area contributed by atoms with Gasteiger partial charge in [0.25, 0.3) is 0 Å². The number of nitrogens with zero attached hydrogens (tertiary/aromatic N) is 3. The SMILES string of the molecule is O=[C-]C1C=CCn2c(=O)n(Cc3cc(F)ccc3F)c(=O)n21.[Y+3]. The fourth-order valence-corrected chi connectivity index (χ4v) is 2.41. The van der Waals surface area contributed by atoms with Gasteiger partial charge in [-0.1, -0.05) is 12.2 Å². The van der Waals surface area contributed by atoms with E-state index in [1.165, 1.54) is 6.08 Å². The van der Waals surface area contributed by atoms with Crippen molar-refractivity contribution < 1.29 is 46.3 Å². The van der Waals surface area contributed by atoms with Crippen LogP contribution in [0.1, 0.15) is 11.6 Å². The van der Waals surface area contributed by atoms with E-state index in [0.29, 0.717) is 0 Å². The van der Waals surface area contributed by atoms with Crippen molar-refractivity contribution in [1.29, 1.82) is 0 Å². The van der Waals surface area contributed by atoms with Gasteiger partial charge in [0.2, 0.25) is 0 Å². The maximum atomic E-state index is 13.7. The molecule has 114 valence electrons. The summed E-state index contributed by atoms with van der Waals surface area (Å²) < 4.78 is 29.6. The molecule has 0 radical (unpaired) electrons. The normalized spacial score (nSPS) is 15.8. The zero-order valence-corrected chi connectivity index (χ0v) is 14.6. The summed E-state index contributed by atoms with van der Waals surface area (Å²) in [5.74, 6) is -1.40. The summed E-state index contributed by atoms with van der Waals surface area (Å²) in [6, 6.07) is 1.78. The molecular formula is C14H10F2N3O3Y+2. The minimum Gasteiger partial charge on any atom is -0.539 e. The van der Waals surface area contributed by atoms with Crippen LogP contribution in [0.5, 0.6) is 0 Å². The van der Waals surface area contributed by atoms with Gasteiger partial charge in [-0.05, 0) is 24.2 Å². The monoisotopic (exact) mass is 395 g/mol. The standard InChI is InChI=1S/C14H10F2N3O3.Y/c15-10-3-4-12(16)9(6-10)7-17-13(21)18-5-1-2-11(8-20)19(18)14(17)22;/h1-4,6,11H,5,7H2;/q-1;+3. The second kappa shape index (κ2) is 6.84. The van der Waals surface area contributed by atoms with Gasteiger partial charge < -0.3 is 4.79 Å². The van der Waals surface area contributed by atoms with Crippen LogP contribution < -0.4 is 11.4 Å². The molecule has 23 heavy (non-hydrogen) atoms. The smallest absolute Gasteiger partial charge is 0.539 e. The van der Waals surface area contributed by atoms with Crippen LogP contribution in [0.3, 0.4) is 0 Å². The molecule has 0 bridgehead atoms. The van der Waals surface area contributed by atoms with Gasteiger partial charge in [-0.2, -0.15) is 0 Å². The topological polar surface area (TPSA) is 66.0 Å². The quantitative estimate of drug-likeness (QED) is 0.557. The van der Waals surface area contributed by atoms with Crippen LogP contribution in [0.4, 0.5) is 8.78 Å². The molecule has 0 aliphatic carbocycles. The second-order valence-corrected chi connectivity index (χ2v) is 4.80. The Balaban J connectivity index is 0.00000192. The van der Waals surface area contributed by atoms with E-state index in [4.69, 9.17) is 0 Å². The first-order valence-electron chi connectivity index (χ1n) is 6.43. The van der Waals surface area contributed by atoms with Gasteiger partial charge >= 0.3 is 44.1 Å². The molecule has 1 unspecified atom stereocenters. The molecule has 0 fully saturated rings. The van der Waals surface area contributed by atoms with Gasteiger partial charge in [-0.15, -0.1) is 0 Å². The van der Waals surface area contributed by atoms with Crippen LogP contribution in [0, 0.1) is 11.6 Å². The Morgan fingerprint density at radius 1 is 1.22 bits per heavy atom.